The monoisotopic (exact) mass is 525 g/mol. The lowest BCUT2D eigenvalue weighted by atomic mass is 10.1. The highest BCUT2D eigenvalue weighted by Gasteiger charge is 2.45. The molecule has 38 heavy (non-hydrogen) atoms. The van der Waals surface area contributed by atoms with E-state index >= 15 is 0 Å². The molecule has 194 valence electrons. The van der Waals surface area contributed by atoms with Crippen molar-refractivity contribution in [3.63, 3.8) is 0 Å². The summed E-state index contributed by atoms with van der Waals surface area (Å²) in [5.74, 6) is -1.41. The number of carboxylic acid groups (broad SMARTS) is 1. The van der Waals surface area contributed by atoms with E-state index in [1.807, 2.05) is 30.3 Å². The molecule has 0 aliphatic heterocycles. The van der Waals surface area contributed by atoms with E-state index in [9.17, 15) is 14.7 Å². The van der Waals surface area contributed by atoms with Gasteiger partial charge < -0.3 is 16.2 Å². The van der Waals surface area contributed by atoms with Gasteiger partial charge in [-0.1, -0.05) is 66.7 Å². The summed E-state index contributed by atoms with van der Waals surface area (Å²) in [6.07, 6.45) is 2.53. The lowest BCUT2D eigenvalue weighted by Crippen LogP contribution is -2.40. The molecule has 4 N–H and O–H groups in total. The average molecular weight is 526 g/mol. The summed E-state index contributed by atoms with van der Waals surface area (Å²) in [4.78, 5) is 24.5. The Morgan fingerprint density at radius 2 is 1.18 bits per heavy atom. The van der Waals surface area contributed by atoms with Gasteiger partial charge in [0, 0.05) is 5.56 Å². The van der Waals surface area contributed by atoms with Gasteiger partial charge in [0.1, 0.15) is 29.2 Å². The van der Waals surface area contributed by atoms with E-state index in [0.717, 1.165) is 18.1 Å². The van der Waals surface area contributed by atoms with Crippen LogP contribution in [0, 0.1) is 0 Å². The van der Waals surface area contributed by atoms with Gasteiger partial charge in [-0.15, -0.1) is 0 Å². The van der Waals surface area contributed by atoms with Gasteiger partial charge in [-0.05, 0) is 79.9 Å². The molecule has 0 saturated carbocycles. The van der Waals surface area contributed by atoms with Gasteiger partial charge in [0.25, 0.3) is 5.91 Å². The van der Waals surface area contributed by atoms with Gasteiger partial charge in [-0.2, -0.15) is 0 Å². The molecule has 1 amide bonds. The number of hydrogen-bond acceptors (Lipinski definition) is 3. The first kappa shape index (κ1) is 27.3. The van der Waals surface area contributed by atoms with E-state index in [-0.39, 0.29) is 5.91 Å². The molecule has 1 atom stereocenters. The van der Waals surface area contributed by atoms with Crippen LogP contribution >= 0.6 is 7.26 Å². The van der Waals surface area contributed by atoms with Crippen LogP contribution in [-0.2, 0) is 11.0 Å². The Labute approximate surface area is 225 Å². The van der Waals surface area contributed by atoms with Gasteiger partial charge in [-0.25, -0.2) is 4.79 Å². The number of carbonyl (C=O) groups excluding carboxylic acids is 1. The number of carboxylic acids is 1. The van der Waals surface area contributed by atoms with Crippen molar-refractivity contribution in [1.82, 2.24) is 5.32 Å². The summed E-state index contributed by atoms with van der Waals surface area (Å²) in [7, 11) is -2.05. The highest BCUT2D eigenvalue weighted by atomic mass is 31.2. The second kappa shape index (κ2) is 13.1. The predicted octanol–water partition coefficient (Wildman–Crippen LogP) is 4.49. The molecule has 4 aromatic carbocycles. The van der Waals surface area contributed by atoms with E-state index in [0.29, 0.717) is 24.9 Å². The number of aliphatic carboxylic acids is 1. The van der Waals surface area contributed by atoms with E-state index in [1.165, 1.54) is 15.9 Å². The number of hydrogen-bond donors (Lipinski definition) is 3. The van der Waals surface area contributed by atoms with Crippen molar-refractivity contribution in [2.24, 2.45) is 5.73 Å². The third-order valence-electron chi connectivity index (χ3n) is 6.78. The summed E-state index contributed by atoms with van der Waals surface area (Å²) >= 11 is 0. The fourth-order valence-corrected chi connectivity index (χ4v) is 9.04. The second-order valence-electron chi connectivity index (χ2n) is 9.32. The lowest BCUT2D eigenvalue weighted by molar-refractivity contribution is -0.139. The molecule has 0 radical (unpaired) electrons. The molecule has 4 rings (SSSR count). The van der Waals surface area contributed by atoms with Crippen molar-refractivity contribution < 1.29 is 14.7 Å². The molecular weight excluding hydrogens is 491 g/mol. The van der Waals surface area contributed by atoms with Gasteiger partial charge >= 0.3 is 5.97 Å². The number of amides is 1. The number of benzene rings is 4. The summed E-state index contributed by atoms with van der Waals surface area (Å²) < 4.78 is 0. The molecule has 0 spiro atoms. The zero-order chi connectivity index (χ0) is 26.8. The molecule has 0 saturated heterocycles. The first-order valence-corrected chi connectivity index (χ1v) is 14.9. The number of unbranched alkanes of at least 4 members (excludes halogenated alkanes) is 1. The molecule has 4 aromatic rings. The van der Waals surface area contributed by atoms with Crippen molar-refractivity contribution in [3.8, 4) is 0 Å². The van der Waals surface area contributed by atoms with Gasteiger partial charge in [0.2, 0.25) is 0 Å². The molecule has 0 aliphatic carbocycles. The van der Waals surface area contributed by atoms with E-state index in [1.54, 1.807) is 12.1 Å². The molecule has 0 bridgehead atoms. The van der Waals surface area contributed by atoms with Crippen LogP contribution in [0.5, 0.6) is 0 Å². The minimum absolute atomic E-state index is 0.356. The summed E-state index contributed by atoms with van der Waals surface area (Å²) in [6, 6.07) is 38.6. The molecule has 0 aromatic heterocycles. The lowest BCUT2D eigenvalue weighted by Gasteiger charge is -2.28. The molecule has 0 heterocycles. The zero-order valence-electron chi connectivity index (χ0n) is 21.4. The van der Waals surface area contributed by atoms with Crippen LogP contribution in [0.25, 0.3) is 0 Å². The SMILES string of the molecule is NCCCCC(NC(=O)c1ccc(C[P+](c2ccccc2)(c2ccccc2)c2ccccc2)cc1)C(=O)O. The first-order chi connectivity index (χ1) is 18.5. The van der Waals surface area contributed by atoms with Crippen LogP contribution in [0.3, 0.4) is 0 Å². The van der Waals surface area contributed by atoms with Crippen molar-refractivity contribution in [2.45, 2.75) is 31.5 Å². The Kier molecular flexibility index (Phi) is 9.42. The zero-order valence-corrected chi connectivity index (χ0v) is 22.3. The molecule has 0 fully saturated rings. The van der Waals surface area contributed by atoms with Crippen molar-refractivity contribution >= 4 is 35.1 Å². The normalized spacial score (nSPS) is 12.0. The number of rotatable bonds is 12. The van der Waals surface area contributed by atoms with Crippen LogP contribution in [0.2, 0.25) is 0 Å². The molecule has 5 nitrogen and oxygen atoms in total. The minimum atomic E-state index is -2.05. The Balaban J connectivity index is 1.66. The second-order valence-corrected chi connectivity index (χ2v) is 12.8. The highest BCUT2D eigenvalue weighted by Crippen LogP contribution is 2.58. The maximum absolute atomic E-state index is 12.9. The fraction of sp³-hybridized carbons (Fsp3) is 0.188. The minimum Gasteiger partial charge on any atom is -0.480 e. The maximum Gasteiger partial charge on any atom is 0.326 e. The van der Waals surface area contributed by atoms with E-state index in [4.69, 9.17) is 5.73 Å². The van der Waals surface area contributed by atoms with Crippen LogP contribution in [-0.4, -0.2) is 29.6 Å². The summed E-state index contributed by atoms with van der Waals surface area (Å²) in [5.41, 5.74) is 7.08. The molecule has 0 aliphatic rings. The highest BCUT2D eigenvalue weighted by molar-refractivity contribution is 7.95. The largest absolute Gasteiger partial charge is 0.480 e. The van der Waals surface area contributed by atoms with Gasteiger partial charge in [0.15, 0.2) is 0 Å². The van der Waals surface area contributed by atoms with Crippen LogP contribution < -0.4 is 27.0 Å². The topological polar surface area (TPSA) is 92.4 Å². The standard InChI is InChI=1S/C32H33N2O3P/c33-23-11-10-18-30(32(36)37)34-31(35)26-21-19-25(20-22-26)24-38(27-12-4-1-5-13-27,28-14-6-2-7-15-28)29-16-8-3-9-17-29/h1-9,12-17,19-22,30H,10-11,18,23-24,33H2,(H-,34,35,36,37)/p+1. The summed E-state index contributed by atoms with van der Waals surface area (Å²) in [5, 5.41) is 16.1. The number of carbonyl (C=O) groups is 2. The van der Waals surface area contributed by atoms with Crippen molar-refractivity contribution in [2.75, 3.05) is 6.54 Å². The third kappa shape index (κ3) is 6.36. The van der Waals surface area contributed by atoms with Crippen LogP contribution in [0.15, 0.2) is 115 Å². The van der Waals surface area contributed by atoms with Crippen molar-refractivity contribution in [3.05, 3.63) is 126 Å². The Morgan fingerprint density at radius 3 is 1.61 bits per heavy atom. The van der Waals surface area contributed by atoms with E-state index in [2.05, 4.69) is 78.1 Å². The van der Waals surface area contributed by atoms with Crippen LogP contribution in [0.4, 0.5) is 0 Å². The van der Waals surface area contributed by atoms with Gasteiger partial charge in [-0.3, -0.25) is 4.79 Å². The first-order valence-electron chi connectivity index (χ1n) is 12.9. The Morgan fingerprint density at radius 1 is 0.711 bits per heavy atom. The third-order valence-corrected chi connectivity index (χ3v) is 11.2. The molecule has 1 unspecified atom stereocenters. The molecular formula is C32H34N2O3P+. The predicted molar refractivity (Wildman–Crippen MR) is 157 cm³/mol. The number of nitrogens with two attached hydrogens (primary N) is 1. The number of nitrogens with one attached hydrogen (secondary N) is 1. The van der Waals surface area contributed by atoms with Gasteiger partial charge in [0.05, 0.1) is 6.16 Å². The smallest absolute Gasteiger partial charge is 0.326 e. The van der Waals surface area contributed by atoms with Crippen molar-refractivity contribution in [1.29, 1.82) is 0 Å². The molecule has 6 heteroatoms. The fourth-order valence-electron chi connectivity index (χ4n) is 4.80. The Hall–Kier alpha value is -3.79. The average Bonchev–Trinajstić information content (AvgIpc) is 2.97. The van der Waals surface area contributed by atoms with Crippen LogP contribution in [0.1, 0.15) is 35.2 Å². The van der Waals surface area contributed by atoms with E-state index < -0.39 is 19.3 Å². The quantitative estimate of drug-likeness (QED) is 0.188. The summed E-state index contributed by atoms with van der Waals surface area (Å²) in [6.45, 7) is 0.501. The Bertz CT molecular complexity index is 1220. The maximum atomic E-state index is 12.9.